The van der Waals surface area contributed by atoms with Gasteiger partial charge in [-0.15, -0.1) is 0 Å². The number of nitrogen functional groups attached to an aromatic ring is 1. The van der Waals surface area contributed by atoms with Crippen molar-refractivity contribution in [1.82, 2.24) is 9.78 Å². The number of nitrogens with two attached hydrogens (primary N) is 1. The topological polar surface area (TPSA) is 135 Å². The largest absolute Gasteiger partial charge is 0.322 e. The lowest BCUT2D eigenvalue weighted by atomic mass is 10.2. The number of rotatable bonds is 5. The summed E-state index contributed by atoms with van der Waals surface area (Å²) in [6.45, 7) is 5.75. The van der Waals surface area contributed by atoms with E-state index in [1.54, 1.807) is 4.68 Å². The van der Waals surface area contributed by atoms with Crippen molar-refractivity contribution in [3.05, 3.63) is 58.4 Å². The van der Waals surface area contributed by atoms with Crippen molar-refractivity contribution in [1.29, 1.82) is 10.5 Å². The van der Waals surface area contributed by atoms with E-state index >= 15 is 0 Å². The first-order chi connectivity index (χ1) is 14.3. The Balaban J connectivity index is 1.75. The normalized spacial score (nSPS) is 10.3. The van der Waals surface area contributed by atoms with E-state index in [0.29, 0.717) is 16.4 Å². The van der Waals surface area contributed by atoms with Gasteiger partial charge >= 0.3 is 0 Å². The zero-order valence-corrected chi connectivity index (χ0v) is 17.6. The minimum absolute atomic E-state index is 0.0606. The predicted molar refractivity (Wildman–Crippen MR) is 114 cm³/mol. The van der Waals surface area contributed by atoms with Gasteiger partial charge in [-0.1, -0.05) is 29.5 Å². The van der Waals surface area contributed by atoms with Gasteiger partial charge in [0.15, 0.2) is 5.03 Å². The Kier molecular flexibility index (Phi) is 6.05. The highest BCUT2D eigenvalue weighted by molar-refractivity contribution is 7.99. The molecule has 1 aromatic carbocycles. The molecule has 0 aliphatic carbocycles. The second-order valence-corrected chi connectivity index (χ2v) is 7.68. The van der Waals surface area contributed by atoms with Gasteiger partial charge < -0.3 is 5.32 Å². The van der Waals surface area contributed by atoms with Crippen molar-refractivity contribution in [2.24, 2.45) is 0 Å². The zero-order valence-electron chi connectivity index (χ0n) is 16.8. The van der Waals surface area contributed by atoms with E-state index < -0.39 is 0 Å². The SMILES string of the molecule is Cc1ccc(-n2nc(C)c(NC(=O)CSc3[nH+]c(N)c(C#N)cc3C#N)c2C)cc1. The summed E-state index contributed by atoms with van der Waals surface area (Å²) in [5.74, 6) is -0.0224. The van der Waals surface area contributed by atoms with E-state index in [9.17, 15) is 10.1 Å². The number of benzene rings is 1. The van der Waals surface area contributed by atoms with Crippen LogP contribution in [0.25, 0.3) is 5.69 Å². The molecule has 1 amide bonds. The number of hydrogen-bond acceptors (Lipinski definition) is 6. The number of nitrogens with one attached hydrogen (secondary N) is 2. The van der Waals surface area contributed by atoms with Gasteiger partial charge in [-0.05, 0) is 39.0 Å². The van der Waals surface area contributed by atoms with Gasteiger partial charge in [-0.2, -0.15) is 15.6 Å². The van der Waals surface area contributed by atoms with E-state index in [-0.39, 0.29) is 28.6 Å². The molecule has 0 atom stereocenters. The molecule has 9 heteroatoms. The molecule has 0 fully saturated rings. The summed E-state index contributed by atoms with van der Waals surface area (Å²) >= 11 is 1.14. The number of nitriles is 2. The third-order valence-electron chi connectivity index (χ3n) is 4.49. The second-order valence-electron chi connectivity index (χ2n) is 6.69. The summed E-state index contributed by atoms with van der Waals surface area (Å²) in [6.07, 6.45) is 0. The van der Waals surface area contributed by atoms with Gasteiger partial charge in [0.25, 0.3) is 5.82 Å². The molecule has 4 N–H and O–H groups in total. The van der Waals surface area contributed by atoms with Gasteiger partial charge in [-0.25, -0.2) is 9.67 Å². The van der Waals surface area contributed by atoms with Crippen molar-refractivity contribution in [2.45, 2.75) is 25.8 Å². The van der Waals surface area contributed by atoms with Gasteiger partial charge in [-0.3, -0.25) is 10.5 Å². The highest BCUT2D eigenvalue weighted by Crippen LogP contribution is 2.24. The molecule has 0 radical (unpaired) electrons. The summed E-state index contributed by atoms with van der Waals surface area (Å²) < 4.78 is 1.79. The van der Waals surface area contributed by atoms with E-state index in [1.807, 2.05) is 57.2 Å². The number of hydrogen-bond donors (Lipinski definition) is 2. The number of aryl methyl sites for hydroxylation is 2. The van der Waals surface area contributed by atoms with E-state index in [1.165, 1.54) is 6.07 Å². The van der Waals surface area contributed by atoms with Crippen LogP contribution in [0.3, 0.4) is 0 Å². The number of carbonyl (C=O) groups excluding carboxylic acids is 1. The Morgan fingerprint density at radius 3 is 2.50 bits per heavy atom. The maximum atomic E-state index is 12.5. The van der Waals surface area contributed by atoms with Gasteiger partial charge in [0.05, 0.1) is 28.5 Å². The Labute approximate surface area is 178 Å². The second kappa shape index (κ2) is 8.68. The minimum Gasteiger partial charge on any atom is -0.322 e. The molecule has 0 spiro atoms. The Morgan fingerprint density at radius 2 is 1.87 bits per heavy atom. The first-order valence-electron chi connectivity index (χ1n) is 9.06. The number of anilines is 2. The average Bonchev–Trinajstić information content (AvgIpc) is 3.01. The molecule has 30 heavy (non-hydrogen) atoms. The lowest BCUT2D eigenvalue weighted by molar-refractivity contribution is -0.410. The summed E-state index contributed by atoms with van der Waals surface area (Å²) in [6, 6.07) is 13.3. The third kappa shape index (κ3) is 4.27. The number of aromatic amines is 1. The zero-order chi connectivity index (χ0) is 21.8. The van der Waals surface area contributed by atoms with Crippen LogP contribution in [0.4, 0.5) is 11.5 Å². The molecule has 3 aromatic rings. The van der Waals surface area contributed by atoms with Crippen LogP contribution in [0.1, 0.15) is 28.1 Å². The monoisotopic (exact) mass is 418 g/mol. The van der Waals surface area contributed by atoms with Crippen LogP contribution in [0.5, 0.6) is 0 Å². The van der Waals surface area contributed by atoms with Crippen molar-refractivity contribution in [2.75, 3.05) is 16.8 Å². The number of aromatic nitrogens is 3. The fraction of sp³-hybridized carbons (Fsp3) is 0.190. The quantitative estimate of drug-likeness (QED) is 0.612. The molecule has 8 nitrogen and oxygen atoms in total. The molecule has 150 valence electrons. The van der Waals surface area contributed by atoms with Crippen LogP contribution >= 0.6 is 11.8 Å². The molecule has 0 aliphatic heterocycles. The molecular formula is C21H20N7OS+. The Hall–Kier alpha value is -3.82. The maximum absolute atomic E-state index is 12.5. The number of carbonyl (C=O) groups is 1. The van der Waals surface area contributed by atoms with Crippen molar-refractivity contribution >= 4 is 29.2 Å². The van der Waals surface area contributed by atoms with Gasteiger partial charge in [0, 0.05) is 0 Å². The highest BCUT2D eigenvalue weighted by atomic mass is 32.2. The van der Waals surface area contributed by atoms with E-state index in [0.717, 1.165) is 28.7 Å². The van der Waals surface area contributed by atoms with Crippen LogP contribution in [0.15, 0.2) is 35.4 Å². The molecule has 0 bridgehead atoms. The lowest BCUT2D eigenvalue weighted by Crippen LogP contribution is -2.20. The van der Waals surface area contributed by atoms with Crippen LogP contribution in [0, 0.1) is 43.4 Å². The smallest absolute Gasteiger partial charge is 0.289 e. The van der Waals surface area contributed by atoms with E-state index in [2.05, 4.69) is 15.4 Å². The first kappa shape index (κ1) is 20.9. The summed E-state index contributed by atoms with van der Waals surface area (Å²) in [7, 11) is 0. The number of pyridine rings is 1. The summed E-state index contributed by atoms with van der Waals surface area (Å²) in [4.78, 5) is 15.4. The summed E-state index contributed by atoms with van der Waals surface area (Å²) in [5, 5.41) is 26.2. The summed E-state index contributed by atoms with van der Waals surface area (Å²) in [5.41, 5.74) is 10.5. The van der Waals surface area contributed by atoms with Crippen LogP contribution in [-0.4, -0.2) is 21.4 Å². The minimum atomic E-state index is -0.241. The highest BCUT2D eigenvalue weighted by Gasteiger charge is 2.18. The molecule has 0 saturated carbocycles. The third-order valence-corrected chi connectivity index (χ3v) is 5.51. The molecule has 0 saturated heterocycles. The standard InChI is InChI=1S/C21H19N7OS/c1-12-4-6-17(7-5-12)28-14(3)19(13(2)27-28)25-18(29)11-30-21-16(10-23)8-15(9-22)20(24)26-21/h4-8H,11H2,1-3H3,(H2,24,26)(H,25,29)/p+1. The number of nitrogens with zero attached hydrogens (tertiary/aromatic N) is 4. The van der Waals surface area contributed by atoms with Gasteiger partial charge in [0.2, 0.25) is 5.91 Å². The van der Waals surface area contributed by atoms with Crippen LogP contribution in [-0.2, 0) is 4.79 Å². The molecule has 0 aliphatic rings. The number of amides is 1. The van der Waals surface area contributed by atoms with Crippen LogP contribution < -0.4 is 16.0 Å². The molecule has 2 heterocycles. The number of thioether (sulfide) groups is 1. The van der Waals surface area contributed by atoms with E-state index in [4.69, 9.17) is 11.0 Å². The maximum Gasteiger partial charge on any atom is 0.289 e. The average molecular weight is 419 g/mol. The van der Waals surface area contributed by atoms with Crippen LogP contribution in [0.2, 0.25) is 0 Å². The van der Waals surface area contributed by atoms with Crippen molar-refractivity contribution < 1.29 is 9.78 Å². The van der Waals surface area contributed by atoms with Crippen molar-refractivity contribution in [3.63, 3.8) is 0 Å². The Morgan fingerprint density at radius 1 is 1.20 bits per heavy atom. The molecule has 3 rings (SSSR count). The number of H-pyrrole nitrogens is 1. The predicted octanol–water partition coefficient (Wildman–Crippen LogP) is 2.67. The molecule has 0 unspecified atom stereocenters. The molecular weight excluding hydrogens is 398 g/mol. The van der Waals surface area contributed by atoms with Crippen molar-refractivity contribution in [3.8, 4) is 17.8 Å². The first-order valence-corrected chi connectivity index (χ1v) is 10.0. The van der Waals surface area contributed by atoms with Gasteiger partial charge in [0.1, 0.15) is 23.3 Å². The Bertz CT molecular complexity index is 1200. The molecule has 2 aromatic heterocycles. The fourth-order valence-corrected chi connectivity index (χ4v) is 3.70. The fourth-order valence-electron chi connectivity index (χ4n) is 2.91. The lowest BCUT2D eigenvalue weighted by Gasteiger charge is -2.07.